The number of hydrogen-bond donors (Lipinski definition) is 2. The number of hydrogen-bond acceptors (Lipinski definition) is 5. The molecule has 0 saturated heterocycles. The number of fused-ring (bicyclic) bond motifs is 1. The molecular weight excluding hydrogens is 278 g/mol. The Morgan fingerprint density at radius 2 is 2.05 bits per heavy atom. The van der Waals surface area contributed by atoms with Crippen LogP contribution in [0, 0.1) is 0 Å². The molecule has 0 atom stereocenters. The van der Waals surface area contributed by atoms with E-state index in [1.54, 1.807) is 24.3 Å². The fourth-order valence-corrected chi connectivity index (χ4v) is 1.87. The zero-order valence-electron chi connectivity index (χ0n) is 11.0. The second-order valence-corrected chi connectivity index (χ2v) is 4.29. The summed E-state index contributed by atoms with van der Waals surface area (Å²) < 4.78 is 6.02. The first kappa shape index (κ1) is 14.7. The zero-order valence-corrected chi connectivity index (χ0v) is 11.0. The molecule has 0 radical (unpaired) electrons. The number of aliphatic carboxylic acids is 1. The van der Waals surface area contributed by atoms with Crippen molar-refractivity contribution in [3.63, 3.8) is 0 Å². The van der Waals surface area contributed by atoms with Gasteiger partial charge in [-0.3, -0.25) is 14.2 Å². The van der Waals surface area contributed by atoms with Crippen molar-refractivity contribution in [1.82, 2.24) is 9.55 Å². The van der Waals surface area contributed by atoms with E-state index in [2.05, 4.69) is 4.98 Å². The van der Waals surface area contributed by atoms with Gasteiger partial charge in [0.05, 0.1) is 10.9 Å². The number of carbonyl (C=O) groups excluding carboxylic acids is 1. The number of benzene rings is 1. The number of carboxylic acid groups (broad SMARTS) is 1. The van der Waals surface area contributed by atoms with Crippen molar-refractivity contribution in [2.75, 3.05) is 6.61 Å². The van der Waals surface area contributed by atoms with Gasteiger partial charge in [-0.1, -0.05) is 12.1 Å². The topological polar surface area (TPSA) is 125 Å². The van der Waals surface area contributed by atoms with Gasteiger partial charge in [-0.2, -0.15) is 0 Å². The van der Waals surface area contributed by atoms with Gasteiger partial charge in [0.2, 0.25) is 5.91 Å². The molecule has 0 aliphatic carbocycles. The Morgan fingerprint density at radius 3 is 2.71 bits per heavy atom. The molecule has 1 heterocycles. The van der Waals surface area contributed by atoms with Crippen LogP contribution in [0.1, 0.15) is 5.82 Å². The smallest absolute Gasteiger partial charge is 0.329 e. The molecule has 0 spiro atoms. The van der Waals surface area contributed by atoms with Crippen molar-refractivity contribution in [2.45, 2.75) is 13.2 Å². The molecule has 0 aliphatic heterocycles. The maximum atomic E-state index is 12.3. The zero-order chi connectivity index (χ0) is 15.4. The number of para-hydroxylation sites is 1. The number of nitrogens with two attached hydrogens (primary N) is 1. The second kappa shape index (κ2) is 6.14. The maximum Gasteiger partial charge on any atom is 0.329 e. The number of amides is 1. The SMILES string of the molecule is NC(=O)Cn1c(COCC(=O)O)nc2ccccc2c1=O. The normalized spacial score (nSPS) is 10.7. The molecule has 1 amide bonds. The molecule has 8 heteroatoms. The van der Waals surface area contributed by atoms with Gasteiger partial charge in [0, 0.05) is 0 Å². The van der Waals surface area contributed by atoms with E-state index in [1.165, 1.54) is 0 Å². The third kappa shape index (κ3) is 3.42. The first-order valence-electron chi connectivity index (χ1n) is 6.05. The number of nitrogens with zero attached hydrogens (tertiary/aromatic N) is 2. The molecule has 0 aliphatic rings. The van der Waals surface area contributed by atoms with Crippen LogP contribution in [0.3, 0.4) is 0 Å². The van der Waals surface area contributed by atoms with Gasteiger partial charge in [0.15, 0.2) is 0 Å². The highest BCUT2D eigenvalue weighted by Gasteiger charge is 2.13. The van der Waals surface area contributed by atoms with E-state index in [0.29, 0.717) is 10.9 Å². The number of carboxylic acids is 1. The number of carbonyl (C=O) groups is 2. The molecule has 1 aromatic carbocycles. The summed E-state index contributed by atoms with van der Waals surface area (Å²) in [6.07, 6.45) is 0. The fraction of sp³-hybridized carbons (Fsp3) is 0.231. The molecule has 3 N–H and O–H groups in total. The van der Waals surface area contributed by atoms with Crippen LogP contribution in [0.25, 0.3) is 10.9 Å². The van der Waals surface area contributed by atoms with Crippen LogP contribution in [0.15, 0.2) is 29.1 Å². The molecule has 8 nitrogen and oxygen atoms in total. The molecule has 0 saturated carbocycles. The lowest BCUT2D eigenvalue weighted by atomic mass is 10.2. The third-order valence-electron chi connectivity index (χ3n) is 2.71. The molecular formula is C13H13N3O5. The Kier molecular flexibility index (Phi) is 4.29. The van der Waals surface area contributed by atoms with Crippen LogP contribution in [-0.2, 0) is 27.5 Å². The van der Waals surface area contributed by atoms with Crippen LogP contribution in [0.5, 0.6) is 0 Å². The van der Waals surface area contributed by atoms with Crippen molar-refractivity contribution in [2.24, 2.45) is 5.73 Å². The Bertz CT molecular complexity index is 753. The third-order valence-corrected chi connectivity index (χ3v) is 2.71. The number of aromatic nitrogens is 2. The highest BCUT2D eigenvalue weighted by Crippen LogP contribution is 2.08. The quantitative estimate of drug-likeness (QED) is 0.738. The Morgan fingerprint density at radius 1 is 1.33 bits per heavy atom. The molecule has 110 valence electrons. The molecule has 0 bridgehead atoms. The van der Waals surface area contributed by atoms with E-state index >= 15 is 0 Å². The minimum Gasteiger partial charge on any atom is -0.480 e. The summed E-state index contributed by atoms with van der Waals surface area (Å²) in [5, 5.41) is 8.89. The van der Waals surface area contributed by atoms with Gasteiger partial charge < -0.3 is 15.6 Å². The number of rotatable bonds is 6. The monoisotopic (exact) mass is 291 g/mol. The summed E-state index contributed by atoms with van der Waals surface area (Å²) >= 11 is 0. The molecule has 21 heavy (non-hydrogen) atoms. The van der Waals surface area contributed by atoms with E-state index in [0.717, 1.165) is 4.57 Å². The Hall–Kier alpha value is -2.74. The van der Waals surface area contributed by atoms with E-state index in [4.69, 9.17) is 15.6 Å². The van der Waals surface area contributed by atoms with Crippen LogP contribution in [0.2, 0.25) is 0 Å². The molecule has 2 rings (SSSR count). The predicted octanol–water partition coefficient (Wildman–Crippen LogP) is -0.517. The fourth-order valence-electron chi connectivity index (χ4n) is 1.87. The van der Waals surface area contributed by atoms with Gasteiger partial charge in [-0.05, 0) is 12.1 Å². The summed E-state index contributed by atoms with van der Waals surface area (Å²) in [4.78, 5) is 38.1. The lowest BCUT2D eigenvalue weighted by Crippen LogP contribution is -2.32. The predicted molar refractivity (Wildman–Crippen MR) is 72.5 cm³/mol. The van der Waals surface area contributed by atoms with E-state index in [1.807, 2.05) is 0 Å². The highest BCUT2D eigenvalue weighted by atomic mass is 16.5. The first-order chi connectivity index (χ1) is 9.99. The average molecular weight is 291 g/mol. The molecule has 0 unspecified atom stereocenters. The van der Waals surface area contributed by atoms with Crippen molar-refractivity contribution < 1.29 is 19.4 Å². The van der Waals surface area contributed by atoms with Crippen LogP contribution >= 0.6 is 0 Å². The van der Waals surface area contributed by atoms with Gasteiger partial charge >= 0.3 is 5.97 Å². The molecule has 1 aromatic heterocycles. The van der Waals surface area contributed by atoms with Crippen molar-refractivity contribution in [3.05, 3.63) is 40.4 Å². The van der Waals surface area contributed by atoms with Crippen molar-refractivity contribution >= 4 is 22.8 Å². The maximum absolute atomic E-state index is 12.3. The largest absolute Gasteiger partial charge is 0.480 e. The summed E-state index contributed by atoms with van der Waals surface area (Å²) in [5.41, 5.74) is 5.14. The van der Waals surface area contributed by atoms with Crippen molar-refractivity contribution in [1.29, 1.82) is 0 Å². The standard InChI is InChI=1S/C13H13N3O5/c14-10(17)5-16-11(6-21-7-12(18)19)15-9-4-2-1-3-8(9)13(16)20/h1-4H,5-7H2,(H2,14,17)(H,18,19). The van der Waals surface area contributed by atoms with E-state index in [9.17, 15) is 14.4 Å². The van der Waals surface area contributed by atoms with Crippen molar-refractivity contribution in [3.8, 4) is 0 Å². The minimum absolute atomic E-state index is 0.152. The summed E-state index contributed by atoms with van der Waals surface area (Å²) in [6, 6.07) is 6.63. The first-order valence-corrected chi connectivity index (χ1v) is 6.05. The summed E-state index contributed by atoms with van der Waals surface area (Å²) in [7, 11) is 0. The van der Waals surface area contributed by atoms with Crippen LogP contribution in [-0.4, -0.2) is 33.1 Å². The van der Waals surface area contributed by atoms with Crippen LogP contribution < -0.4 is 11.3 Å². The Labute approximate surface area is 118 Å². The van der Waals surface area contributed by atoms with Crippen LogP contribution in [0.4, 0.5) is 0 Å². The Balaban J connectivity index is 2.47. The lowest BCUT2D eigenvalue weighted by molar-refractivity contribution is -0.142. The van der Waals surface area contributed by atoms with Gasteiger partial charge in [-0.15, -0.1) is 0 Å². The second-order valence-electron chi connectivity index (χ2n) is 4.29. The summed E-state index contributed by atoms with van der Waals surface area (Å²) in [5.74, 6) is -1.69. The summed E-state index contributed by atoms with van der Waals surface area (Å²) in [6.45, 7) is -1.08. The minimum atomic E-state index is -1.14. The van der Waals surface area contributed by atoms with E-state index < -0.39 is 24.0 Å². The van der Waals surface area contributed by atoms with Gasteiger partial charge in [0.25, 0.3) is 5.56 Å². The molecule has 0 fully saturated rings. The van der Waals surface area contributed by atoms with Gasteiger partial charge in [0.1, 0.15) is 25.6 Å². The van der Waals surface area contributed by atoms with E-state index in [-0.39, 0.29) is 19.0 Å². The highest BCUT2D eigenvalue weighted by molar-refractivity contribution is 5.78. The van der Waals surface area contributed by atoms with Gasteiger partial charge in [-0.25, -0.2) is 9.78 Å². The lowest BCUT2D eigenvalue weighted by Gasteiger charge is -2.11. The molecule has 2 aromatic rings. The number of ether oxygens (including phenoxy) is 1. The average Bonchev–Trinajstić information content (AvgIpc) is 2.42. The number of primary amides is 1.